The molecule has 1 heterocycles. The van der Waals surface area contributed by atoms with Crippen molar-refractivity contribution in [3.63, 3.8) is 0 Å². The monoisotopic (exact) mass is 159 g/mol. The number of nitrogens with one attached hydrogen (secondary N) is 1. The Labute approximate surface area is 67.7 Å². The van der Waals surface area contributed by atoms with Gasteiger partial charge in [-0.2, -0.15) is 0 Å². The van der Waals surface area contributed by atoms with E-state index < -0.39 is 5.60 Å². The third-order valence-electron chi connectivity index (χ3n) is 2.26. The molecule has 0 aliphatic carbocycles. The number of hydrogen-bond acceptors (Lipinski definition) is 3. The molecule has 1 saturated heterocycles. The van der Waals surface area contributed by atoms with Crippen LogP contribution in [0.2, 0.25) is 0 Å². The number of hydrogen-bond donors (Lipinski definition) is 2. The lowest BCUT2D eigenvalue weighted by Crippen LogP contribution is -2.38. The van der Waals surface area contributed by atoms with Crippen LogP contribution in [0.5, 0.6) is 0 Å². The summed E-state index contributed by atoms with van der Waals surface area (Å²) in [5.41, 5.74) is -0.457. The van der Waals surface area contributed by atoms with Crippen LogP contribution < -0.4 is 5.32 Å². The van der Waals surface area contributed by atoms with Crippen molar-refractivity contribution in [3.05, 3.63) is 0 Å². The first-order valence-corrected chi connectivity index (χ1v) is 4.22. The average molecular weight is 159 g/mol. The Morgan fingerprint density at radius 2 is 2.09 bits per heavy atom. The van der Waals surface area contributed by atoms with Gasteiger partial charge in [0.1, 0.15) is 0 Å². The highest BCUT2D eigenvalue weighted by atomic mass is 16.5. The summed E-state index contributed by atoms with van der Waals surface area (Å²) in [6, 6.07) is 0. The number of ether oxygens (including phenoxy) is 1. The number of rotatable bonds is 3. The van der Waals surface area contributed by atoms with E-state index in [4.69, 9.17) is 4.74 Å². The first-order valence-electron chi connectivity index (χ1n) is 4.22. The predicted octanol–water partition coefficient (Wildman–Crippen LogP) is 0.137. The molecule has 11 heavy (non-hydrogen) atoms. The van der Waals surface area contributed by atoms with Gasteiger partial charge in [0.25, 0.3) is 0 Å². The van der Waals surface area contributed by atoms with Gasteiger partial charge in [-0.1, -0.05) is 0 Å². The Bertz CT molecular complexity index is 111. The van der Waals surface area contributed by atoms with Gasteiger partial charge in [-0.3, -0.25) is 0 Å². The van der Waals surface area contributed by atoms with Gasteiger partial charge in [0.2, 0.25) is 0 Å². The van der Waals surface area contributed by atoms with E-state index >= 15 is 0 Å². The van der Waals surface area contributed by atoms with Gasteiger partial charge in [-0.25, -0.2) is 0 Å². The molecule has 1 fully saturated rings. The standard InChI is InChI=1S/C8H17NO2/c1-9-5-2-8(10)3-6-11-7-4-8/h9-10H,2-7H2,1H3. The Balaban J connectivity index is 2.25. The molecule has 1 aliphatic heterocycles. The quantitative estimate of drug-likeness (QED) is 0.615. The van der Waals surface area contributed by atoms with Crippen molar-refractivity contribution >= 4 is 0 Å². The molecule has 0 aromatic rings. The number of aliphatic hydroxyl groups is 1. The van der Waals surface area contributed by atoms with Crippen molar-refractivity contribution in [1.29, 1.82) is 0 Å². The molecule has 0 radical (unpaired) electrons. The lowest BCUT2D eigenvalue weighted by atomic mass is 9.91. The Kier molecular flexibility index (Phi) is 3.30. The van der Waals surface area contributed by atoms with E-state index in [1.54, 1.807) is 0 Å². The van der Waals surface area contributed by atoms with E-state index in [1.807, 2.05) is 7.05 Å². The Hall–Kier alpha value is -0.120. The van der Waals surface area contributed by atoms with E-state index in [2.05, 4.69) is 5.32 Å². The van der Waals surface area contributed by atoms with Gasteiger partial charge in [-0.15, -0.1) is 0 Å². The van der Waals surface area contributed by atoms with Crippen LogP contribution in [-0.4, -0.2) is 37.5 Å². The highest BCUT2D eigenvalue weighted by molar-refractivity contribution is 4.81. The third kappa shape index (κ3) is 2.77. The summed E-state index contributed by atoms with van der Waals surface area (Å²) in [5.74, 6) is 0. The fourth-order valence-electron chi connectivity index (χ4n) is 1.36. The van der Waals surface area contributed by atoms with Crippen LogP contribution in [0.25, 0.3) is 0 Å². The molecule has 0 saturated carbocycles. The van der Waals surface area contributed by atoms with E-state index in [0.29, 0.717) is 13.2 Å². The summed E-state index contributed by atoms with van der Waals surface area (Å²) in [4.78, 5) is 0. The van der Waals surface area contributed by atoms with Crippen LogP contribution in [0.1, 0.15) is 19.3 Å². The summed E-state index contributed by atoms with van der Waals surface area (Å²) >= 11 is 0. The highest BCUT2D eigenvalue weighted by Gasteiger charge is 2.28. The molecule has 1 rings (SSSR count). The summed E-state index contributed by atoms with van der Waals surface area (Å²) in [6.07, 6.45) is 2.41. The maximum atomic E-state index is 9.88. The molecule has 0 spiro atoms. The van der Waals surface area contributed by atoms with Gasteiger partial charge in [0.15, 0.2) is 0 Å². The second kappa shape index (κ2) is 4.04. The highest BCUT2D eigenvalue weighted by Crippen LogP contribution is 2.23. The van der Waals surface area contributed by atoms with Crippen molar-refractivity contribution in [2.45, 2.75) is 24.9 Å². The van der Waals surface area contributed by atoms with E-state index in [9.17, 15) is 5.11 Å². The van der Waals surface area contributed by atoms with Crippen molar-refractivity contribution in [2.24, 2.45) is 0 Å². The van der Waals surface area contributed by atoms with Gasteiger partial charge < -0.3 is 15.2 Å². The molecule has 0 aromatic carbocycles. The summed E-state index contributed by atoms with van der Waals surface area (Å²) in [6.45, 7) is 2.30. The topological polar surface area (TPSA) is 41.5 Å². The molecule has 3 heteroatoms. The van der Waals surface area contributed by atoms with Crippen LogP contribution in [0, 0.1) is 0 Å². The second-order valence-electron chi connectivity index (χ2n) is 3.19. The van der Waals surface area contributed by atoms with E-state index in [1.165, 1.54) is 0 Å². The van der Waals surface area contributed by atoms with E-state index in [0.717, 1.165) is 25.8 Å². The van der Waals surface area contributed by atoms with Crippen molar-refractivity contribution in [3.8, 4) is 0 Å². The summed E-state index contributed by atoms with van der Waals surface area (Å²) in [7, 11) is 1.91. The minimum absolute atomic E-state index is 0.457. The molecule has 0 amide bonds. The van der Waals surface area contributed by atoms with E-state index in [-0.39, 0.29) is 0 Å². The second-order valence-corrected chi connectivity index (χ2v) is 3.19. The zero-order chi connectivity index (χ0) is 8.16. The predicted molar refractivity (Wildman–Crippen MR) is 43.5 cm³/mol. The average Bonchev–Trinajstić information content (AvgIpc) is 2.03. The van der Waals surface area contributed by atoms with Gasteiger partial charge in [-0.05, 0) is 32.9 Å². The molecule has 66 valence electrons. The van der Waals surface area contributed by atoms with Gasteiger partial charge >= 0.3 is 0 Å². The molecular formula is C8H17NO2. The molecular weight excluding hydrogens is 142 g/mol. The maximum absolute atomic E-state index is 9.88. The van der Waals surface area contributed by atoms with Crippen LogP contribution >= 0.6 is 0 Å². The fraction of sp³-hybridized carbons (Fsp3) is 1.00. The molecule has 2 N–H and O–H groups in total. The van der Waals surface area contributed by atoms with Gasteiger partial charge in [0.05, 0.1) is 5.60 Å². The summed E-state index contributed by atoms with van der Waals surface area (Å²) < 4.78 is 5.16. The fourth-order valence-corrected chi connectivity index (χ4v) is 1.36. The molecule has 0 atom stereocenters. The van der Waals surface area contributed by atoms with Crippen molar-refractivity contribution in [1.82, 2.24) is 5.32 Å². The normalized spacial score (nSPS) is 23.5. The molecule has 3 nitrogen and oxygen atoms in total. The maximum Gasteiger partial charge on any atom is 0.0703 e. The van der Waals surface area contributed by atoms with Crippen LogP contribution in [0.15, 0.2) is 0 Å². The molecule has 0 aromatic heterocycles. The van der Waals surface area contributed by atoms with Crippen molar-refractivity contribution in [2.75, 3.05) is 26.8 Å². The van der Waals surface area contributed by atoms with Crippen LogP contribution in [0.3, 0.4) is 0 Å². The zero-order valence-corrected chi connectivity index (χ0v) is 7.10. The molecule has 1 aliphatic rings. The largest absolute Gasteiger partial charge is 0.390 e. The van der Waals surface area contributed by atoms with Gasteiger partial charge in [0, 0.05) is 13.2 Å². The SMILES string of the molecule is CNCCC1(O)CCOCC1. The Morgan fingerprint density at radius 3 is 2.64 bits per heavy atom. The summed E-state index contributed by atoms with van der Waals surface area (Å²) in [5, 5.41) is 12.9. The van der Waals surface area contributed by atoms with Crippen molar-refractivity contribution < 1.29 is 9.84 Å². The lowest BCUT2D eigenvalue weighted by molar-refractivity contribution is -0.0671. The van der Waals surface area contributed by atoms with Crippen LogP contribution in [0.4, 0.5) is 0 Å². The molecule has 0 bridgehead atoms. The lowest BCUT2D eigenvalue weighted by Gasteiger charge is -2.31. The Morgan fingerprint density at radius 1 is 1.45 bits per heavy atom. The third-order valence-corrected chi connectivity index (χ3v) is 2.26. The minimum atomic E-state index is -0.457. The first kappa shape index (κ1) is 8.97. The van der Waals surface area contributed by atoms with Crippen LogP contribution in [-0.2, 0) is 4.74 Å². The zero-order valence-electron chi connectivity index (χ0n) is 7.10. The molecule has 0 unspecified atom stereocenters. The first-order chi connectivity index (χ1) is 5.27. The smallest absolute Gasteiger partial charge is 0.0703 e. The minimum Gasteiger partial charge on any atom is -0.390 e.